The Morgan fingerprint density at radius 3 is 2.58 bits per heavy atom. The topological polar surface area (TPSA) is 29.3 Å². The van der Waals surface area contributed by atoms with Gasteiger partial charge in [0.25, 0.3) is 0 Å². The molecule has 114 valence electrons. The van der Waals surface area contributed by atoms with E-state index in [0.717, 1.165) is 0 Å². The van der Waals surface area contributed by atoms with Crippen molar-refractivity contribution in [1.29, 1.82) is 0 Å². The fourth-order valence-electron chi connectivity index (χ4n) is 3.37. The molecule has 1 fully saturated rings. The van der Waals surface area contributed by atoms with Gasteiger partial charge in [-0.2, -0.15) is 0 Å². The van der Waals surface area contributed by atoms with E-state index >= 15 is 0 Å². The molecule has 0 aliphatic heterocycles. The first-order valence-electron chi connectivity index (χ1n) is 8.39. The summed E-state index contributed by atoms with van der Waals surface area (Å²) in [6.45, 7) is 14.2. The van der Waals surface area contributed by atoms with Crippen LogP contribution in [0.15, 0.2) is 0 Å². The minimum absolute atomic E-state index is 0.418. The van der Waals surface area contributed by atoms with Gasteiger partial charge in [0.1, 0.15) is 0 Å². The Kier molecular flexibility index (Phi) is 6.82. The van der Waals surface area contributed by atoms with Gasteiger partial charge in [0.05, 0.1) is 0 Å². The maximum atomic E-state index is 6.39. The van der Waals surface area contributed by atoms with Crippen LogP contribution in [0.25, 0.3) is 0 Å². The second-order valence-corrected chi connectivity index (χ2v) is 7.44. The molecule has 1 aliphatic carbocycles. The van der Waals surface area contributed by atoms with E-state index in [1.165, 1.54) is 51.6 Å². The Bertz CT molecular complexity index is 250. The van der Waals surface area contributed by atoms with Gasteiger partial charge in [-0.25, -0.2) is 0 Å². The van der Waals surface area contributed by atoms with E-state index in [4.69, 9.17) is 5.73 Å². The number of hydrogen-bond acceptors (Lipinski definition) is 2. The number of nitrogens with two attached hydrogens (primary N) is 1. The summed E-state index contributed by atoms with van der Waals surface area (Å²) in [6.07, 6.45) is 7.65. The van der Waals surface area contributed by atoms with E-state index in [1.54, 1.807) is 0 Å². The smallest absolute Gasteiger partial charge is 0.00797 e. The van der Waals surface area contributed by atoms with Crippen LogP contribution in [0.2, 0.25) is 0 Å². The first kappa shape index (κ1) is 17.0. The molecule has 0 heterocycles. The van der Waals surface area contributed by atoms with Gasteiger partial charge in [-0.05, 0) is 56.9 Å². The van der Waals surface area contributed by atoms with Gasteiger partial charge in [-0.1, -0.05) is 34.1 Å². The third kappa shape index (κ3) is 5.43. The summed E-state index contributed by atoms with van der Waals surface area (Å²) in [6, 6.07) is 1.12. The molecular formula is C17H36N2. The predicted molar refractivity (Wildman–Crippen MR) is 85.3 cm³/mol. The SMILES string of the molecule is CCCCN(CC1CC(C)(C)CCC1N)C(C)CC. The Labute approximate surface area is 121 Å². The zero-order chi connectivity index (χ0) is 14.5. The summed E-state index contributed by atoms with van der Waals surface area (Å²) < 4.78 is 0. The van der Waals surface area contributed by atoms with E-state index in [1.807, 2.05) is 0 Å². The average molecular weight is 268 g/mol. The van der Waals surface area contributed by atoms with Crippen molar-refractivity contribution in [3.8, 4) is 0 Å². The molecule has 0 aromatic heterocycles. The van der Waals surface area contributed by atoms with E-state index < -0.39 is 0 Å². The van der Waals surface area contributed by atoms with Crippen molar-refractivity contribution in [3.63, 3.8) is 0 Å². The van der Waals surface area contributed by atoms with Crippen LogP contribution < -0.4 is 5.73 Å². The fraction of sp³-hybridized carbons (Fsp3) is 1.00. The second-order valence-electron chi connectivity index (χ2n) is 7.44. The molecule has 3 atom stereocenters. The van der Waals surface area contributed by atoms with Crippen molar-refractivity contribution < 1.29 is 0 Å². The largest absolute Gasteiger partial charge is 0.327 e. The van der Waals surface area contributed by atoms with Crippen LogP contribution in [0, 0.1) is 11.3 Å². The lowest BCUT2D eigenvalue weighted by Crippen LogP contribution is -2.47. The first-order chi connectivity index (χ1) is 8.89. The first-order valence-corrected chi connectivity index (χ1v) is 8.39. The minimum Gasteiger partial charge on any atom is -0.327 e. The Morgan fingerprint density at radius 2 is 2.00 bits per heavy atom. The molecule has 1 rings (SSSR count). The standard InChI is InChI=1S/C17H36N2/c1-6-8-11-19(14(3)7-2)13-15-12-17(4,5)10-9-16(15)18/h14-16H,6-13,18H2,1-5H3. The van der Waals surface area contributed by atoms with Gasteiger partial charge in [0.15, 0.2) is 0 Å². The summed E-state index contributed by atoms with van der Waals surface area (Å²) in [4.78, 5) is 2.69. The van der Waals surface area contributed by atoms with Crippen LogP contribution in [0.4, 0.5) is 0 Å². The van der Waals surface area contributed by atoms with E-state index in [-0.39, 0.29) is 0 Å². The van der Waals surface area contributed by atoms with Crippen molar-refractivity contribution in [2.75, 3.05) is 13.1 Å². The molecule has 1 saturated carbocycles. The molecule has 19 heavy (non-hydrogen) atoms. The highest BCUT2D eigenvalue weighted by atomic mass is 15.2. The van der Waals surface area contributed by atoms with Gasteiger partial charge < -0.3 is 10.6 Å². The van der Waals surface area contributed by atoms with Gasteiger partial charge >= 0.3 is 0 Å². The third-order valence-electron chi connectivity index (χ3n) is 5.06. The quantitative estimate of drug-likeness (QED) is 0.755. The van der Waals surface area contributed by atoms with Crippen molar-refractivity contribution >= 4 is 0 Å². The van der Waals surface area contributed by atoms with Gasteiger partial charge in [-0.3, -0.25) is 0 Å². The predicted octanol–water partition coefficient (Wildman–Crippen LogP) is 4.04. The zero-order valence-electron chi connectivity index (χ0n) is 13.9. The maximum absolute atomic E-state index is 6.39. The zero-order valence-corrected chi connectivity index (χ0v) is 13.9. The molecule has 2 heteroatoms. The number of hydrogen-bond donors (Lipinski definition) is 1. The maximum Gasteiger partial charge on any atom is 0.00797 e. The lowest BCUT2D eigenvalue weighted by atomic mass is 9.70. The Hall–Kier alpha value is -0.0800. The molecule has 3 unspecified atom stereocenters. The molecule has 1 aliphatic rings. The normalized spacial score (nSPS) is 28.6. The average Bonchev–Trinajstić information content (AvgIpc) is 2.37. The van der Waals surface area contributed by atoms with Crippen molar-refractivity contribution in [2.45, 2.75) is 85.2 Å². The lowest BCUT2D eigenvalue weighted by Gasteiger charge is -2.42. The molecular weight excluding hydrogens is 232 g/mol. The molecule has 0 amide bonds. The molecule has 0 saturated heterocycles. The van der Waals surface area contributed by atoms with Crippen LogP contribution in [0.3, 0.4) is 0 Å². The molecule has 0 aromatic rings. The highest BCUT2D eigenvalue weighted by Gasteiger charge is 2.34. The Morgan fingerprint density at radius 1 is 1.32 bits per heavy atom. The van der Waals surface area contributed by atoms with Gasteiger partial charge in [0, 0.05) is 18.6 Å². The van der Waals surface area contributed by atoms with Crippen LogP contribution in [0.5, 0.6) is 0 Å². The minimum atomic E-state index is 0.418. The molecule has 2 N–H and O–H groups in total. The molecule has 0 radical (unpaired) electrons. The number of unbranched alkanes of at least 4 members (excludes halogenated alkanes) is 1. The molecule has 0 spiro atoms. The van der Waals surface area contributed by atoms with Crippen LogP contribution in [0.1, 0.15) is 73.1 Å². The fourth-order valence-corrected chi connectivity index (χ4v) is 3.37. The summed E-state index contributed by atoms with van der Waals surface area (Å²) in [7, 11) is 0. The van der Waals surface area contributed by atoms with Crippen LogP contribution in [-0.4, -0.2) is 30.1 Å². The van der Waals surface area contributed by atoms with Crippen molar-refractivity contribution in [3.05, 3.63) is 0 Å². The highest BCUT2D eigenvalue weighted by molar-refractivity contribution is 4.89. The van der Waals surface area contributed by atoms with E-state index in [9.17, 15) is 0 Å². The van der Waals surface area contributed by atoms with E-state index in [0.29, 0.717) is 23.4 Å². The van der Waals surface area contributed by atoms with Crippen molar-refractivity contribution in [1.82, 2.24) is 4.90 Å². The highest BCUT2D eigenvalue weighted by Crippen LogP contribution is 2.38. The second kappa shape index (κ2) is 7.64. The summed E-state index contributed by atoms with van der Waals surface area (Å²) in [5, 5.41) is 0. The van der Waals surface area contributed by atoms with E-state index in [2.05, 4.69) is 39.5 Å². The van der Waals surface area contributed by atoms with Crippen molar-refractivity contribution in [2.24, 2.45) is 17.1 Å². The number of nitrogens with zero attached hydrogens (tertiary/aromatic N) is 1. The molecule has 0 bridgehead atoms. The lowest BCUT2D eigenvalue weighted by molar-refractivity contribution is 0.0944. The number of rotatable bonds is 7. The molecule has 0 aromatic carbocycles. The third-order valence-corrected chi connectivity index (χ3v) is 5.06. The summed E-state index contributed by atoms with van der Waals surface area (Å²) in [5.74, 6) is 0.689. The van der Waals surface area contributed by atoms with Gasteiger partial charge in [0.2, 0.25) is 0 Å². The van der Waals surface area contributed by atoms with Crippen LogP contribution >= 0.6 is 0 Å². The summed E-state index contributed by atoms with van der Waals surface area (Å²) >= 11 is 0. The Balaban J connectivity index is 2.60. The van der Waals surface area contributed by atoms with Crippen LogP contribution in [-0.2, 0) is 0 Å². The molecule has 2 nitrogen and oxygen atoms in total. The van der Waals surface area contributed by atoms with Gasteiger partial charge in [-0.15, -0.1) is 0 Å². The monoisotopic (exact) mass is 268 g/mol. The summed E-state index contributed by atoms with van der Waals surface area (Å²) in [5.41, 5.74) is 6.88.